The molecule has 1 fully saturated rings. The molecule has 0 spiro atoms. The summed E-state index contributed by atoms with van der Waals surface area (Å²) in [5.74, 6) is 1.80. The summed E-state index contributed by atoms with van der Waals surface area (Å²) in [7, 11) is 0. The molecule has 0 aromatic rings. The highest BCUT2D eigenvalue weighted by Crippen LogP contribution is 2.49. The van der Waals surface area contributed by atoms with E-state index in [9.17, 15) is 0 Å². The molecule has 1 radical (unpaired) electrons. The number of rotatable bonds is 3. The van der Waals surface area contributed by atoms with Crippen LogP contribution in [-0.4, -0.2) is 0 Å². The van der Waals surface area contributed by atoms with Gasteiger partial charge in [-0.2, -0.15) is 0 Å². The highest BCUT2D eigenvalue weighted by atomic mass is 14.4. The third kappa shape index (κ3) is 1.70. The molecule has 1 aliphatic carbocycles. The van der Waals surface area contributed by atoms with Crippen molar-refractivity contribution < 1.29 is 0 Å². The Morgan fingerprint density at radius 1 is 1.33 bits per heavy atom. The first-order chi connectivity index (χ1) is 4.17. The van der Waals surface area contributed by atoms with Gasteiger partial charge in [-0.25, -0.2) is 0 Å². The van der Waals surface area contributed by atoms with Crippen LogP contribution in [0.2, 0.25) is 0 Å². The Morgan fingerprint density at radius 2 is 1.89 bits per heavy atom. The molecule has 1 rings (SSSR count). The average Bonchev–Trinajstić information content (AvgIpc) is 2.41. The predicted octanol–water partition coefficient (Wildman–Crippen LogP) is 3.18. The van der Waals surface area contributed by atoms with E-state index in [0.29, 0.717) is 5.41 Å². The van der Waals surface area contributed by atoms with Crippen molar-refractivity contribution >= 4 is 0 Å². The van der Waals surface area contributed by atoms with Gasteiger partial charge < -0.3 is 0 Å². The Kier molecular flexibility index (Phi) is 1.83. The van der Waals surface area contributed by atoms with Crippen LogP contribution in [0.5, 0.6) is 0 Å². The molecule has 0 saturated heterocycles. The Balaban J connectivity index is 2.30. The van der Waals surface area contributed by atoms with E-state index >= 15 is 0 Å². The minimum Gasteiger partial charge on any atom is -0.0654 e. The maximum atomic E-state index is 2.37. The smallest absolute Gasteiger partial charge is 0.0184 e. The SMILES string of the molecule is CCCC(C)(C)[C]1CC1. The van der Waals surface area contributed by atoms with Gasteiger partial charge in [0.15, 0.2) is 0 Å². The van der Waals surface area contributed by atoms with E-state index in [0.717, 1.165) is 0 Å². The second kappa shape index (κ2) is 2.32. The minimum absolute atomic E-state index is 0.578. The van der Waals surface area contributed by atoms with Gasteiger partial charge in [0.2, 0.25) is 0 Å². The van der Waals surface area contributed by atoms with Crippen molar-refractivity contribution in [2.45, 2.75) is 46.5 Å². The molecule has 1 saturated carbocycles. The van der Waals surface area contributed by atoms with Gasteiger partial charge in [-0.1, -0.05) is 27.2 Å². The van der Waals surface area contributed by atoms with E-state index in [2.05, 4.69) is 20.8 Å². The van der Waals surface area contributed by atoms with Gasteiger partial charge in [-0.05, 0) is 30.6 Å². The zero-order valence-electron chi connectivity index (χ0n) is 6.83. The molecule has 53 valence electrons. The largest absolute Gasteiger partial charge is 0.0654 e. The van der Waals surface area contributed by atoms with Crippen molar-refractivity contribution in [3.63, 3.8) is 0 Å². The van der Waals surface area contributed by atoms with Crippen LogP contribution in [0.3, 0.4) is 0 Å². The Bertz CT molecular complexity index is 88.2. The normalized spacial score (nSPS) is 20.3. The number of hydrogen-bond donors (Lipinski definition) is 0. The zero-order chi connectivity index (χ0) is 6.91. The Labute approximate surface area is 58.7 Å². The van der Waals surface area contributed by atoms with Crippen molar-refractivity contribution in [3.8, 4) is 0 Å². The van der Waals surface area contributed by atoms with E-state index < -0.39 is 0 Å². The lowest BCUT2D eigenvalue weighted by molar-refractivity contribution is 0.382. The molecule has 0 N–H and O–H groups in total. The van der Waals surface area contributed by atoms with Crippen LogP contribution in [0.15, 0.2) is 0 Å². The lowest BCUT2D eigenvalue weighted by atomic mass is 9.83. The zero-order valence-corrected chi connectivity index (χ0v) is 6.83. The van der Waals surface area contributed by atoms with Crippen molar-refractivity contribution in [3.05, 3.63) is 5.92 Å². The lowest BCUT2D eigenvalue weighted by Crippen LogP contribution is -2.11. The van der Waals surface area contributed by atoms with Gasteiger partial charge in [0.25, 0.3) is 0 Å². The van der Waals surface area contributed by atoms with Gasteiger partial charge in [-0.3, -0.25) is 0 Å². The lowest BCUT2D eigenvalue weighted by Gasteiger charge is -2.22. The minimum atomic E-state index is 0.578. The second-order valence-electron chi connectivity index (χ2n) is 3.74. The highest BCUT2D eigenvalue weighted by Gasteiger charge is 2.37. The summed E-state index contributed by atoms with van der Waals surface area (Å²) in [6, 6.07) is 0. The van der Waals surface area contributed by atoms with Crippen LogP contribution in [0.25, 0.3) is 0 Å². The summed E-state index contributed by atoms with van der Waals surface area (Å²) < 4.78 is 0. The fourth-order valence-electron chi connectivity index (χ4n) is 1.54. The molecule has 0 nitrogen and oxygen atoms in total. The highest BCUT2D eigenvalue weighted by molar-refractivity contribution is 5.14. The average molecular weight is 125 g/mol. The molecule has 9 heavy (non-hydrogen) atoms. The van der Waals surface area contributed by atoms with E-state index in [1.165, 1.54) is 25.7 Å². The van der Waals surface area contributed by atoms with Crippen LogP contribution >= 0.6 is 0 Å². The van der Waals surface area contributed by atoms with Gasteiger partial charge in [0.05, 0.1) is 0 Å². The molecule has 0 aliphatic heterocycles. The van der Waals surface area contributed by atoms with Crippen LogP contribution in [0, 0.1) is 11.3 Å². The van der Waals surface area contributed by atoms with Gasteiger partial charge >= 0.3 is 0 Å². The molecule has 0 aromatic heterocycles. The first-order valence-electron chi connectivity index (χ1n) is 4.02. The molecule has 0 aromatic carbocycles. The molecular weight excluding hydrogens is 108 g/mol. The molecular formula is C9H17. The van der Waals surface area contributed by atoms with Crippen LogP contribution in [0.1, 0.15) is 46.5 Å². The van der Waals surface area contributed by atoms with E-state index in [-0.39, 0.29) is 0 Å². The maximum Gasteiger partial charge on any atom is -0.0184 e. The quantitative estimate of drug-likeness (QED) is 0.543. The van der Waals surface area contributed by atoms with Crippen molar-refractivity contribution in [2.24, 2.45) is 5.41 Å². The fraction of sp³-hybridized carbons (Fsp3) is 0.889. The fourth-order valence-corrected chi connectivity index (χ4v) is 1.54. The molecule has 0 heterocycles. The molecule has 0 heteroatoms. The summed E-state index contributed by atoms with van der Waals surface area (Å²) in [5.41, 5.74) is 0.578. The first kappa shape index (κ1) is 7.11. The predicted molar refractivity (Wildman–Crippen MR) is 41.2 cm³/mol. The van der Waals surface area contributed by atoms with Crippen LogP contribution in [-0.2, 0) is 0 Å². The third-order valence-electron chi connectivity index (χ3n) is 2.33. The summed E-state index contributed by atoms with van der Waals surface area (Å²) >= 11 is 0. The van der Waals surface area contributed by atoms with Crippen LogP contribution in [0.4, 0.5) is 0 Å². The Hall–Kier alpha value is 0. The summed E-state index contributed by atoms with van der Waals surface area (Å²) in [5, 5.41) is 0. The second-order valence-corrected chi connectivity index (χ2v) is 3.74. The van der Waals surface area contributed by atoms with Gasteiger partial charge in [0.1, 0.15) is 0 Å². The summed E-state index contributed by atoms with van der Waals surface area (Å²) in [6.07, 6.45) is 5.53. The van der Waals surface area contributed by atoms with Crippen molar-refractivity contribution in [1.82, 2.24) is 0 Å². The maximum absolute atomic E-state index is 2.37. The van der Waals surface area contributed by atoms with Crippen molar-refractivity contribution in [2.75, 3.05) is 0 Å². The van der Waals surface area contributed by atoms with Crippen LogP contribution < -0.4 is 0 Å². The van der Waals surface area contributed by atoms with Gasteiger partial charge in [0, 0.05) is 0 Å². The number of hydrogen-bond acceptors (Lipinski definition) is 0. The van der Waals surface area contributed by atoms with E-state index in [4.69, 9.17) is 0 Å². The molecule has 1 aliphatic rings. The van der Waals surface area contributed by atoms with E-state index in [1.807, 2.05) is 0 Å². The molecule has 0 bridgehead atoms. The topological polar surface area (TPSA) is 0 Å². The monoisotopic (exact) mass is 125 g/mol. The Morgan fingerprint density at radius 3 is 2.22 bits per heavy atom. The summed E-state index contributed by atoms with van der Waals surface area (Å²) in [6.45, 7) is 7.02. The van der Waals surface area contributed by atoms with Gasteiger partial charge in [-0.15, -0.1) is 0 Å². The van der Waals surface area contributed by atoms with E-state index in [1.54, 1.807) is 5.92 Å². The van der Waals surface area contributed by atoms with Crippen molar-refractivity contribution in [1.29, 1.82) is 0 Å². The molecule has 0 amide bonds. The molecule has 0 atom stereocenters. The molecule has 0 unspecified atom stereocenters. The standard InChI is InChI=1S/C9H17/c1-4-7-9(2,3)8-5-6-8/h4-7H2,1-3H3. The summed E-state index contributed by atoms with van der Waals surface area (Å²) in [4.78, 5) is 0. The third-order valence-corrected chi connectivity index (χ3v) is 2.33. The first-order valence-corrected chi connectivity index (χ1v) is 4.02.